The second-order valence-electron chi connectivity index (χ2n) is 7.43. The zero-order valence-corrected chi connectivity index (χ0v) is 18.7. The van der Waals surface area contributed by atoms with E-state index in [1.54, 1.807) is 11.0 Å². The van der Waals surface area contributed by atoms with E-state index in [4.69, 9.17) is 9.98 Å². The molecule has 6 heteroatoms. The van der Waals surface area contributed by atoms with Gasteiger partial charge in [0.1, 0.15) is 11.5 Å². The maximum atomic E-state index is 13.5. The molecular formula is C25H19N3OS2. The number of rotatable bonds is 3. The molecule has 1 aromatic heterocycles. The molecule has 1 aliphatic rings. The summed E-state index contributed by atoms with van der Waals surface area (Å²) >= 11 is 6.01. The van der Waals surface area contributed by atoms with Crippen LogP contribution < -0.4 is 4.90 Å². The summed E-state index contributed by atoms with van der Waals surface area (Å²) in [6, 6.07) is 21.6. The molecule has 31 heavy (non-hydrogen) atoms. The second kappa shape index (κ2) is 7.80. The van der Waals surface area contributed by atoms with Crippen molar-refractivity contribution in [2.45, 2.75) is 18.7 Å². The SMILES string of the molecule is Cc1cc2nc(N3C(=O)C(=Cc4ccccc4S)N=C3c3ccccc3)sc2cc1C. The van der Waals surface area contributed by atoms with Crippen LogP contribution in [0.5, 0.6) is 0 Å². The van der Waals surface area contributed by atoms with Crippen LogP contribution in [0.4, 0.5) is 5.13 Å². The highest BCUT2D eigenvalue weighted by molar-refractivity contribution is 7.80. The van der Waals surface area contributed by atoms with Crippen molar-refractivity contribution in [3.8, 4) is 0 Å². The lowest BCUT2D eigenvalue weighted by atomic mass is 10.1. The van der Waals surface area contributed by atoms with Gasteiger partial charge in [-0.1, -0.05) is 59.9 Å². The lowest BCUT2D eigenvalue weighted by molar-refractivity contribution is -0.113. The zero-order valence-electron chi connectivity index (χ0n) is 17.0. The Labute approximate surface area is 190 Å². The van der Waals surface area contributed by atoms with Crippen molar-refractivity contribution < 1.29 is 4.79 Å². The monoisotopic (exact) mass is 441 g/mol. The summed E-state index contributed by atoms with van der Waals surface area (Å²) in [4.78, 5) is 25.4. The molecule has 0 unspecified atom stereocenters. The molecule has 1 aliphatic heterocycles. The molecule has 4 aromatic rings. The maximum absolute atomic E-state index is 13.5. The molecule has 0 saturated carbocycles. The van der Waals surface area contributed by atoms with Crippen LogP contribution in [0.15, 0.2) is 82.3 Å². The highest BCUT2D eigenvalue weighted by atomic mass is 32.1. The number of carbonyl (C=O) groups is 1. The smallest absolute Gasteiger partial charge is 0.266 e. The number of anilines is 1. The standard InChI is InChI=1S/C25H19N3OS2/c1-15-12-19-22(13-16(15)2)31-25(27-19)28-23(17-8-4-3-5-9-17)26-20(24(28)29)14-18-10-6-7-11-21(18)30/h3-14,30H,1-2H3. The van der Waals surface area contributed by atoms with Crippen molar-refractivity contribution in [2.24, 2.45) is 4.99 Å². The summed E-state index contributed by atoms with van der Waals surface area (Å²) < 4.78 is 1.05. The molecule has 0 spiro atoms. The van der Waals surface area contributed by atoms with Crippen LogP contribution in [0, 0.1) is 13.8 Å². The molecule has 1 amide bonds. The fourth-order valence-corrected chi connectivity index (χ4v) is 4.77. The van der Waals surface area contributed by atoms with Gasteiger partial charge in [0, 0.05) is 10.5 Å². The van der Waals surface area contributed by atoms with Crippen molar-refractivity contribution in [3.63, 3.8) is 0 Å². The van der Waals surface area contributed by atoms with Gasteiger partial charge >= 0.3 is 0 Å². The number of carbonyl (C=O) groups excluding carboxylic acids is 1. The van der Waals surface area contributed by atoms with E-state index in [1.807, 2.05) is 54.6 Å². The van der Waals surface area contributed by atoms with Crippen LogP contribution >= 0.6 is 24.0 Å². The van der Waals surface area contributed by atoms with Crippen LogP contribution in [-0.2, 0) is 4.79 Å². The highest BCUT2D eigenvalue weighted by Gasteiger charge is 2.34. The summed E-state index contributed by atoms with van der Waals surface area (Å²) in [5, 5.41) is 0.621. The molecule has 0 aliphatic carbocycles. The topological polar surface area (TPSA) is 45.6 Å². The largest absolute Gasteiger partial charge is 0.284 e. The number of aryl methyl sites for hydroxylation is 2. The number of hydrogen-bond donors (Lipinski definition) is 1. The van der Waals surface area contributed by atoms with Crippen LogP contribution in [0.1, 0.15) is 22.3 Å². The van der Waals surface area contributed by atoms with Gasteiger partial charge in [0.15, 0.2) is 5.13 Å². The van der Waals surface area contributed by atoms with Crippen LogP contribution in [0.2, 0.25) is 0 Å². The molecule has 152 valence electrons. The fourth-order valence-electron chi connectivity index (χ4n) is 3.50. The molecule has 0 radical (unpaired) electrons. The van der Waals surface area contributed by atoms with Gasteiger partial charge in [-0.15, -0.1) is 12.6 Å². The number of aliphatic imine (C=N–C) groups is 1. The van der Waals surface area contributed by atoms with E-state index >= 15 is 0 Å². The van der Waals surface area contributed by atoms with Gasteiger partial charge in [-0.3, -0.25) is 4.79 Å². The van der Waals surface area contributed by atoms with Crippen LogP contribution in [0.3, 0.4) is 0 Å². The average Bonchev–Trinajstić information content (AvgIpc) is 3.31. The van der Waals surface area contributed by atoms with Gasteiger partial charge in [-0.2, -0.15) is 0 Å². The van der Waals surface area contributed by atoms with Crippen molar-refractivity contribution in [1.82, 2.24) is 4.98 Å². The van der Waals surface area contributed by atoms with Crippen LogP contribution in [0.25, 0.3) is 16.3 Å². The number of aromatic nitrogens is 1. The molecule has 3 aromatic carbocycles. The Balaban J connectivity index is 1.66. The number of benzene rings is 3. The minimum atomic E-state index is -0.192. The summed E-state index contributed by atoms with van der Waals surface area (Å²) in [5.74, 6) is 0.393. The minimum Gasteiger partial charge on any atom is -0.266 e. The number of amides is 1. The Morgan fingerprint density at radius 3 is 2.45 bits per heavy atom. The third-order valence-corrected chi connectivity index (χ3v) is 6.72. The first-order valence-electron chi connectivity index (χ1n) is 9.87. The van der Waals surface area contributed by atoms with Gasteiger partial charge in [-0.25, -0.2) is 14.9 Å². The first-order valence-corrected chi connectivity index (χ1v) is 11.1. The van der Waals surface area contributed by atoms with Crippen molar-refractivity contribution in [1.29, 1.82) is 0 Å². The lowest BCUT2D eigenvalue weighted by Gasteiger charge is -2.14. The quantitative estimate of drug-likeness (QED) is 0.311. The van der Waals surface area contributed by atoms with E-state index < -0.39 is 0 Å². The zero-order chi connectivity index (χ0) is 21.5. The first kappa shape index (κ1) is 19.7. The Morgan fingerprint density at radius 1 is 0.968 bits per heavy atom. The number of hydrogen-bond acceptors (Lipinski definition) is 5. The number of fused-ring (bicyclic) bond motifs is 1. The maximum Gasteiger partial charge on any atom is 0.284 e. The predicted molar refractivity (Wildman–Crippen MR) is 131 cm³/mol. The molecule has 0 saturated heterocycles. The van der Waals surface area contributed by atoms with E-state index in [1.165, 1.54) is 22.5 Å². The predicted octanol–water partition coefficient (Wildman–Crippen LogP) is 6.04. The van der Waals surface area contributed by atoms with Crippen molar-refractivity contribution in [2.75, 3.05) is 4.90 Å². The van der Waals surface area contributed by atoms with Crippen molar-refractivity contribution >= 4 is 57.1 Å². The van der Waals surface area contributed by atoms with E-state index in [0.29, 0.717) is 16.7 Å². The first-order chi connectivity index (χ1) is 15.0. The minimum absolute atomic E-state index is 0.192. The molecule has 0 N–H and O–H groups in total. The van der Waals surface area contributed by atoms with Gasteiger partial charge in [0.2, 0.25) is 0 Å². The van der Waals surface area contributed by atoms with Gasteiger partial charge in [-0.05, 0) is 54.8 Å². The molecule has 0 bridgehead atoms. The summed E-state index contributed by atoms with van der Waals surface area (Å²) in [6.45, 7) is 4.16. The Bertz CT molecular complexity index is 1350. The molecule has 5 rings (SSSR count). The Kier molecular flexibility index (Phi) is 4.96. The third kappa shape index (κ3) is 3.58. The molecule has 0 atom stereocenters. The van der Waals surface area contributed by atoms with E-state index in [9.17, 15) is 4.79 Å². The second-order valence-corrected chi connectivity index (χ2v) is 8.92. The molecule has 4 nitrogen and oxygen atoms in total. The molecule has 2 heterocycles. The molecule has 0 fully saturated rings. The summed E-state index contributed by atoms with van der Waals surface area (Å²) in [7, 11) is 0. The van der Waals surface area contributed by atoms with Gasteiger partial charge < -0.3 is 0 Å². The summed E-state index contributed by atoms with van der Waals surface area (Å²) in [6.07, 6.45) is 1.79. The number of nitrogens with zero attached hydrogens (tertiary/aromatic N) is 3. The fraction of sp³-hybridized carbons (Fsp3) is 0.0800. The van der Waals surface area contributed by atoms with E-state index in [2.05, 4.69) is 38.6 Å². The van der Waals surface area contributed by atoms with E-state index in [0.717, 1.165) is 26.2 Å². The number of amidine groups is 1. The lowest BCUT2D eigenvalue weighted by Crippen LogP contribution is -2.32. The Morgan fingerprint density at radius 2 is 1.68 bits per heavy atom. The Hall–Kier alpha value is -3.22. The number of thiazole rings is 1. The van der Waals surface area contributed by atoms with Gasteiger partial charge in [0.05, 0.1) is 10.2 Å². The highest BCUT2D eigenvalue weighted by Crippen LogP contribution is 2.35. The summed E-state index contributed by atoms with van der Waals surface area (Å²) in [5.41, 5.74) is 5.36. The third-order valence-electron chi connectivity index (χ3n) is 5.31. The normalized spacial score (nSPS) is 15.2. The number of thiol groups is 1. The van der Waals surface area contributed by atoms with E-state index in [-0.39, 0.29) is 5.91 Å². The average molecular weight is 442 g/mol. The van der Waals surface area contributed by atoms with Crippen LogP contribution in [-0.4, -0.2) is 16.7 Å². The molecular weight excluding hydrogens is 422 g/mol. The van der Waals surface area contributed by atoms with Crippen molar-refractivity contribution in [3.05, 3.63) is 94.7 Å². The van der Waals surface area contributed by atoms with Gasteiger partial charge in [0.25, 0.3) is 5.91 Å².